The molecule has 0 unspecified atom stereocenters. The number of aliphatic hydroxyl groups excluding tert-OH is 1. The molecule has 2 aliphatic carbocycles. The van der Waals surface area contributed by atoms with Gasteiger partial charge in [-0.05, 0) is 101 Å². The molecule has 2 heterocycles. The van der Waals surface area contributed by atoms with Gasteiger partial charge in [0.2, 0.25) is 0 Å². The van der Waals surface area contributed by atoms with Crippen LogP contribution in [-0.2, 0) is 16.8 Å². The molecule has 0 bridgehead atoms. The Balaban J connectivity index is 1.28. The maximum Gasteiger partial charge on any atom is 0.161 e. The van der Waals surface area contributed by atoms with Gasteiger partial charge < -0.3 is 25.4 Å². The first kappa shape index (κ1) is 29.7. The topological polar surface area (TPSA) is 97.8 Å². The normalized spacial score (nSPS) is 24.0. The summed E-state index contributed by atoms with van der Waals surface area (Å²) < 4.78 is 13.3. The summed E-state index contributed by atoms with van der Waals surface area (Å²) in [5, 5.41) is 21.6. The number of phenols is 1. The number of nitrogens with zero attached hydrogens (tertiary/aromatic N) is 1. The minimum Gasteiger partial charge on any atom is -0.504 e. The van der Waals surface area contributed by atoms with Gasteiger partial charge in [-0.1, -0.05) is 50.5 Å². The first-order valence-corrected chi connectivity index (χ1v) is 16.0. The summed E-state index contributed by atoms with van der Waals surface area (Å²) in [6.45, 7) is 2.18. The molecule has 6 heteroatoms. The zero-order chi connectivity index (χ0) is 28.7. The van der Waals surface area contributed by atoms with Crippen molar-refractivity contribution in [2.75, 3.05) is 5.73 Å². The lowest BCUT2D eigenvalue weighted by Crippen LogP contribution is -2.38. The summed E-state index contributed by atoms with van der Waals surface area (Å²) >= 11 is 0. The van der Waals surface area contributed by atoms with Crippen molar-refractivity contribution in [2.45, 2.75) is 134 Å². The molecule has 222 valence electrons. The van der Waals surface area contributed by atoms with Crippen LogP contribution in [0.3, 0.4) is 0 Å². The van der Waals surface area contributed by atoms with Crippen molar-refractivity contribution in [2.24, 2.45) is 5.92 Å². The molecule has 41 heavy (non-hydrogen) atoms. The van der Waals surface area contributed by atoms with Crippen LogP contribution >= 0.6 is 0 Å². The summed E-state index contributed by atoms with van der Waals surface area (Å²) in [5.74, 6) is 8.40. The number of benzene rings is 1. The molecule has 1 aliphatic heterocycles. The molecule has 3 aliphatic rings. The molecule has 1 aromatic heterocycles. The van der Waals surface area contributed by atoms with E-state index in [0.717, 1.165) is 80.9 Å². The molecule has 0 radical (unpaired) electrons. The lowest BCUT2D eigenvalue weighted by molar-refractivity contribution is -0.134. The molecule has 6 nitrogen and oxygen atoms in total. The third-order valence-corrected chi connectivity index (χ3v) is 9.26. The molecule has 2 saturated carbocycles. The SMILES string of the molecule is C[C@H]1C#Cc2cc(N)ncc2C2(CCCCC2)O[C@H](C[C@H](O)CCc2ccc(O)c(OC3CCCCC3)c2)CCC1. The predicted molar refractivity (Wildman–Crippen MR) is 163 cm³/mol. The number of anilines is 1. The second-order valence-electron chi connectivity index (χ2n) is 12.7. The first-order chi connectivity index (χ1) is 19.9. The van der Waals surface area contributed by atoms with Crippen LogP contribution in [0.2, 0.25) is 0 Å². The van der Waals surface area contributed by atoms with E-state index in [1.165, 1.54) is 25.7 Å². The summed E-state index contributed by atoms with van der Waals surface area (Å²) in [4.78, 5) is 4.46. The highest BCUT2D eigenvalue weighted by atomic mass is 16.5. The highest BCUT2D eigenvalue weighted by Gasteiger charge is 2.39. The lowest BCUT2D eigenvalue weighted by atomic mass is 9.78. The van der Waals surface area contributed by atoms with Crippen LogP contribution in [0, 0.1) is 17.8 Å². The van der Waals surface area contributed by atoms with Gasteiger partial charge in [0.1, 0.15) is 5.82 Å². The molecule has 2 fully saturated rings. The Bertz CT molecular complexity index is 1210. The Hall–Kier alpha value is -2.75. The average molecular weight is 561 g/mol. The number of fused-ring (bicyclic) bond motifs is 2. The number of hydrogen-bond acceptors (Lipinski definition) is 6. The van der Waals surface area contributed by atoms with Crippen LogP contribution < -0.4 is 10.5 Å². The highest BCUT2D eigenvalue weighted by molar-refractivity contribution is 5.49. The summed E-state index contributed by atoms with van der Waals surface area (Å²) in [5.41, 5.74) is 8.71. The zero-order valence-electron chi connectivity index (χ0n) is 24.7. The van der Waals surface area contributed by atoms with E-state index in [2.05, 4.69) is 23.7 Å². The zero-order valence-corrected chi connectivity index (χ0v) is 24.7. The van der Waals surface area contributed by atoms with Gasteiger partial charge in [-0.15, -0.1) is 0 Å². The largest absolute Gasteiger partial charge is 0.504 e. The Kier molecular flexibility index (Phi) is 10.1. The van der Waals surface area contributed by atoms with E-state index in [1.54, 1.807) is 6.07 Å². The Morgan fingerprint density at radius 2 is 1.83 bits per heavy atom. The smallest absolute Gasteiger partial charge is 0.161 e. The summed E-state index contributed by atoms with van der Waals surface area (Å²) in [6.07, 6.45) is 17.4. The number of hydrogen-bond donors (Lipinski definition) is 3. The lowest BCUT2D eigenvalue weighted by Gasteiger charge is -2.41. The molecule has 2 aromatic rings. The number of aryl methyl sites for hydroxylation is 1. The number of aromatic hydroxyl groups is 1. The fourth-order valence-corrected chi connectivity index (χ4v) is 6.91. The molecular formula is C35H48N2O4. The van der Waals surface area contributed by atoms with Crippen LogP contribution in [0.25, 0.3) is 0 Å². The Morgan fingerprint density at radius 3 is 2.63 bits per heavy atom. The van der Waals surface area contributed by atoms with Crippen LogP contribution in [0.4, 0.5) is 5.82 Å². The number of nitrogen functional groups attached to an aromatic ring is 1. The minimum absolute atomic E-state index is 0.0520. The van der Waals surface area contributed by atoms with E-state index in [-0.39, 0.29) is 23.9 Å². The van der Waals surface area contributed by atoms with Crippen LogP contribution in [0.5, 0.6) is 11.5 Å². The molecule has 1 spiro atoms. The van der Waals surface area contributed by atoms with E-state index in [0.29, 0.717) is 24.4 Å². The van der Waals surface area contributed by atoms with E-state index < -0.39 is 11.7 Å². The van der Waals surface area contributed by atoms with E-state index in [9.17, 15) is 10.2 Å². The summed E-state index contributed by atoms with van der Waals surface area (Å²) in [7, 11) is 0. The van der Waals surface area contributed by atoms with Crippen LogP contribution in [0.1, 0.15) is 120 Å². The first-order valence-electron chi connectivity index (χ1n) is 16.0. The van der Waals surface area contributed by atoms with Crippen LogP contribution in [-0.4, -0.2) is 33.5 Å². The van der Waals surface area contributed by atoms with E-state index in [1.807, 2.05) is 24.4 Å². The molecule has 0 amide bonds. The van der Waals surface area contributed by atoms with Crippen molar-refractivity contribution < 1.29 is 19.7 Å². The molecule has 0 saturated heterocycles. The number of aromatic nitrogens is 1. The fraction of sp³-hybridized carbons (Fsp3) is 0.629. The number of nitrogens with two attached hydrogens (primary N) is 1. The third-order valence-electron chi connectivity index (χ3n) is 9.26. The number of rotatable bonds is 7. The number of phenolic OH excluding ortho intramolecular Hbond substituents is 1. The predicted octanol–water partition coefficient (Wildman–Crippen LogP) is 7.18. The monoisotopic (exact) mass is 560 g/mol. The highest BCUT2D eigenvalue weighted by Crippen LogP contribution is 2.44. The van der Waals surface area contributed by atoms with E-state index >= 15 is 0 Å². The quantitative estimate of drug-likeness (QED) is 0.310. The van der Waals surface area contributed by atoms with Gasteiger partial charge in [-0.2, -0.15) is 0 Å². The van der Waals surface area contributed by atoms with Crippen molar-refractivity contribution in [1.82, 2.24) is 4.98 Å². The Labute approximate surface area is 246 Å². The van der Waals surface area contributed by atoms with Gasteiger partial charge in [0.15, 0.2) is 11.5 Å². The standard InChI is InChI=1S/C35H48N2O4/c1-25-9-8-12-30(41-35(19-6-3-7-20-35)31-24-37-34(36)22-27(31)16-13-25)23-28(38)17-14-26-15-18-32(39)33(21-26)40-29-10-4-2-5-11-29/h15,18,21-22,24-25,28-30,38-39H,2-12,14,17,19-20,23H2,1H3,(H2,36,37)/t25-,28-,30+/m1/s1. The van der Waals surface area contributed by atoms with Crippen LogP contribution in [0.15, 0.2) is 30.5 Å². The minimum atomic E-state index is -0.486. The second kappa shape index (κ2) is 13.9. The number of pyridine rings is 1. The maximum atomic E-state index is 11.2. The number of ether oxygens (including phenoxy) is 2. The molecule has 4 N–H and O–H groups in total. The molecule has 3 atom stereocenters. The van der Waals surface area contributed by atoms with Gasteiger partial charge in [0, 0.05) is 23.2 Å². The van der Waals surface area contributed by atoms with Crippen molar-refractivity contribution in [3.63, 3.8) is 0 Å². The van der Waals surface area contributed by atoms with Crippen molar-refractivity contribution in [1.29, 1.82) is 0 Å². The van der Waals surface area contributed by atoms with Crippen molar-refractivity contribution in [3.8, 4) is 23.3 Å². The second-order valence-corrected chi connectivity index (χ2v) is 12.7. The molecule has 5 rings (SSSR count). The van der Waals surface area contributed by atoms with E-state index in [4.69, 9.17) is 15.2 Å². The molecular weight excluding hydrogens is 512 g/mol. The van der Waals surface area contributed by atoms with Gasteiger partial charge in [0.25, 0.3) is 0 Å². The number of aliphatic hydroxyl groups is 1. The molecule has 1 aromatic carbocycles. The average Bonchev–Trinajstić information content (AvgIpc) is 2.99. The maximum absolute atomic E-state index is 11.2. The van der Waals surface area contributed by atoms with Gasteiger partial charge in [-0.3, -0.25) is 0 Å². The Morgan fingerprint density at radius 1 is 1.05 bits per heavy atom. The van der Waals surface area contributed by atoms with Gasteiger partial charge in [-0.25, -0.2) is 4.98 Å². The van der Waals surface area contributed by atoms with Gasteiger partial charge >= 0.3 is 0 Å². The van der Waals surface area contributed by atoms with Crippen molar-refractivity contribution >= 4 is 5.82 Å². The van der Waals surface area contributed by atoms with Gasteiger partial charge in [0.05, 0.1) is 23.9 Å². The van der Waals surface area contributed by atoms with Crippen molar-refractivity contribution in [3.05, 3.63) is 47.2 Å². The fourth-order valence-electron chi connectivity index (χ4n) is 6.91. The summed E-state index contributed by atoms with van der Waals surface area (Å²) in [6, 6.07) is 7.52. The third kappa shape index (κ3) is 7.96.